The van der Waals surface area contributed by atoms with Crippen molar-refractivity contribution in [1.29, 1.82) is 0 Å². The summed E-state index contributed by atoms with van der Waals surface area (Å²) in [6.45, 7) is 4.53. The predicted molar refractivity (Wildman–Crippen MR) is 157 cm³/mol. The van der Waals surface area contributed by atoms with Crippen molar-refractivity contribution in [3.63, 3.8) is 0 Å². The Balaban J connectivity index is 0.00000441. The van der Waals surface area contributed by atoms with Crippen LogP contribution in [0.15, 0.2) is 42.2 Å². The number of fused-ring (bicyclic) bond motifs is 2. The molecule has 2 aromatic carbocycles. The number of hydrogen-bond acceptors (Lipinski definition) is 7. The standard InChI is InChI=1S/C24H23Cl4N3O6S2.K/c1-3-29-20(15(12-38(32,33)34)14-8-16(25)17(26)9-21(14)29)6-5-7-24-30(4-2)22-10-18(27)19(28)11-23(22)31(24)13-39(35,36)37;/h5-11H,3-4,12-13H2,1-2H3,(H,32,33,34)(H,35,36,37);/q;+1/p-1/b6-5+,24-7-;. The zero-order chi connectivity index (χ0) is 28.9. The number of aromatic nitrogens is 1. The second-order valence-electron chi connectivity index (χ2n) is 8.62. The molecule has 210 valence electrons. The van der Waals surface area contributed by atoms with Crippen LogP contribution in [0, 0.1) is 0 Å². The Hall–Kier alpha value is -0.324. The van der Waals surface area contributed by atoms with Gasteiger partial charge in [-0.25, -0.2) is 8.42 Å². The van der Waals surface area contributed by atoms with Crippen LogP contribution in [-0.2, 0) is 32.5 Å². The molecule has 40 heavy (non-hydrogen) atoms. The van der Waals surface area contributed by atoms with Gasteiger partial charge in [0.2, 0.25) is 0 Å². The van der Waals surface area contributed by atoms with E-state index >= 15 is 0 Å². The van der Waals surface area contributed by atoms with Gasteiger partial charge in [-0.05, 0) is 50.3 Å². The maximum absolute atomic E-state index is 11.9. The third-order valence-corrected chi connectivity index (χ3v) is 8.82. The van der Waals surface area contributed by atoms with E-state index in [1.807, 2.05) is 18.4 Å². The summed E-state index contributed by atoms with van der Waals surface area (Å²) in [6, 6.07) is 6.24. The maximum Gasteiger partial charge on any atom is 1.00 e. The van der Waals surface area contributed by atoms with Gasteiger partial charge >= 0.3 is 51.4 Å². The molecule has 9 nitrogen and oxygen atoms in total. The van der Waals surface area contributed by atoms with Crippen LogP contribution in [0.1, 0.15) is 25.1 Å². The molecule has 16 heteroatoms. The number of allylic oxidation sites excluding steroid dienone is 2. The summed E-state index contributed by atoms with van der Waals surface area (Å²) in [5.41, 5.74) is 2.35. The predicted octanol–water partition coefficient (Wildman–Crippen LogP) is 3.37. The molecular weight excluding hydrogens is 671 g/mol. The summed E-state index contributed by atoms with van der Waals surface area (Å²) >= 11 is 24.8. The number of rotatable bonds is 8. The van der Waals surface area contributed by atoms with Gasteiger partial charge in [0.25, 0.3) is 10.1 Å². The molecule has 0 saturated carbocycles. The van der Waals surface area contributed by atoms with Crippen molar-refractivity contribution in [3.8, 4) is 0 Å². The summed E-state index contributed by atoms with van der Waals surface area (Å²) in [5.74, 6) is -1.16. The Morgan fingerprint density at radius 1 is 0.875 bits per heavy atom. The summed E-state index contributed by atoms with van der Waals surface area (Å²) in [4.78, 5) is 3.09. The van der Waals surface area contributed by atoms with E-state index in [0.29, 0.717) is 52.4 Å². The summed E-state index contributed by atoms with van der Waals surface area (Å²) in [7, 11) is -9.11. The molecule has 0 unspecified atom stereocenters. The molecule has 0 spiro atoms. The van der Waals surface area contributed by atoms with Crippen molar-refractivity contribution in [2.24, 2.45) is 0 Å². The number of nitrogens with zero attached hydrogens (tertiary/aromatic N) is 3. The first-order valence-electron chi connectivity index (χ1n) is 11.5. The van der Waals surface area contributed by atoms with Gasteiger partial charge in [0.1, 0.15) is 27.6 Å². The maximum atomic E-state index is 11.9. The van der Waals surface area contributed by atoms with E-state index in [1.54, 1.807) is 41.3 Å². The third-order valence-electron chi connectivity index (χ3n) is 6.15. The topological polar surface area (TPSA) is 123 Å². The van der Waals surface area contributed by atoms with Crippen molar-refractivity contribution >= 4 is 95.0 Å². The minimum atomic E-state index is -4.69. The Morgan fingerprint density at radius 3 is 1.95 bits per heavy atom. The van der Waals surface area contributed by atoms with Crippen LogP contribution in [0.25, 0.3) is 17.0 Å². The van der Waals surface area contributed by atoms with E-state index < -0.39 is 31.9 Å². The third kappa shape index (κ3) is 7.24. The van der Waals surface area contributed by atoms with E-state index in [0.717, 1.165) is 0 Å². The van der Waals surface area contributed by atoms with Crippen LogP contribution < -0.4 is 61.2 Å². The summed E-state index contributed by atoms with van der Waals surface area (Å²) in [5, 5.41) is 1.46. The summed E-state index contributed by atoms with van der Waals surface area (Å²) < 4.78 is 70.6. The molecule has 0 atom stereocenters. The molecule has 3 aromatic rings. The minimum absolute atomic E-state index is 0. The Bertz CT molecular complexity index is 1760. The van der Waals surface area contributed by atoms with E-state index in [2.05, 4.69) is 0 Å². The monoisotopic (exact) mass is 691 g/mol. The normalized spacial score (nSPS) is 14.9. The van der Waals surface area contributed by atoms with Gasteiger partial charge in [-0.2, -0.15) is 8.42 Å². The molecule has 0 aliphatic carbocycles. The number of aryl methyl sites for hydroxylation is 1. The smallest absolute Gasteiger partial charge is 0.747 e. The fraction of sp³-hybridized carbons (Fsp3) is 0.250. The molecule has 0 bridgehead atoms. The van der Waals surface area contributed by atoms with Crippen LogP contribution in [0.5, 0.6) is 0 Å². The SMILES string of the molecule is CCN1/C(=C/C=C/c2c(CS(=O)(=O)O)c3cc(Cl)c(Cl)cc3n2CC)N(CS(=O)(=O)[O-])c2cc(Cl)c(Cl)cc21.[K+]. The molecule has 4 rings (SSSR count). The Morgan fingerprint density at radius 2 is 1.43 bits per heavy atom. The van der Waals surface area contributed by atoms with Crippen molar-refractivity contribution in [2.75, 3.05) is 22.2 Å². The Kier molecular flexibility index (Phi) is 11.2. The average molecular weight is 693 g/mol. The van der Waals surface area contributed by atoms with Crippen LogP contribution in [0.3, 0.4) is 0 Å². The molecule has 0 saturated heterocycles. The van der Waals surface area contributed by atoms with Crippen LogP contribution >= 0.6 is 46.4 Å². The van der Waals surface area contributed by atoms with Crippen LogP contribution in [-0.4, -0.2) is 42.9 Å². The van der Waals surface area contributed by atoms with Gasteiger partial charge in [0, 0.05) is 29.7 Å². The van der Waals surface area contributed by atoms with Gasteiger partial charge in [-0.1, -0.05) is 52.5 Å². The zero-order valence-electron chi connectivity index (χ0n) is 21.5. The van der Waals surface area contributed by atoms with E-state index in [-0.39, 0.29) is 71.5 Å². The first kappa shape index (κ1) is 34.2. The fourth-order valence-corrected chi connectivity index (χ4v) is 6.57. The van der Waals surface area contributed by atoms with Gasteiger partial charge < -0.3 is 18.9 Å². The fourth-order valence-electron chi connectivity index (χ4n) is 4.68. The van der Waals surface area contributed by atoms with E-state index in [1.165, 1.54) is 11.0 Å². The molecule has 1 aromatic heterocycles. The van der Waals surface area contributed by atoms with Crippen molar-refractivity contribution in [2.45, 2.75) is 26.1 Å². The largest absolute Gasteiger partial charge is 1.00 e. The second-order valence-corrected chi connectivity index (χ2v) is 13.1. The van der Waals surface area contributed by atoms with Crippen LogP contribution in [0.2, 0.25) is 20.1 Å². The second kappa shape index (κ2) is 13.1. The van der Waals surface area contributed by atoms with Crippen molar-refractivity contribution < 1.29 is 77.3 Å². The van der Waals surface area contributed by atoms with Crippen LogP contribution in [0.4, 0.5) is 11.4 Å². The summed E-state index contributed by atoms with van der Waals surface area (Å²) in [6.07, 6.45) is 4.80. The number of benzene rings is 2. The van der Waals surface area contributed by atoms with E-state index in [9.17, 15) is 25.9 Å². The first-order valence-corrected chi connectivity index (χ1v) is 16.2. The molecule has 1 N–H and O–H groups in total. The molecule has 1 aliphatic heterocycles. The Labute approximate surface area is 295 Å². The quantitative estimate of drug-likeness (QED) is 0.282. The van der Waals surface area contributed by atoms with E-state index in [4.69, 9.17) is 46.4 Å². The number of halogens is 4. The van der Waals surface area contributed by atoms with Crippen molar-refractivity contribution in [1.82, 2.24) is 4.57 Å². The molecule has 0 fully saturated rings. The molecule has 1 aliphatic rings. The number of anilines is 2. The molecular formula is C24H22Cl4KN3O6S2. The van der Waals surface area contributed by atoms with Gasteiger partial charge in [-0.15, -0.1) is 0 Å². The molecule has 0 amide bonds. The average Bonchev–Trinajstić information content (AvgIpc) is 3.23. The van der Waals surface area contributed by atoms with Gasteiger partial charge in [0.05, 0.1) is 37.0 Å². The van der Waals surface area contributed by atoms with Gasteiger partial charge in [-0.3, -0.25) is 4.55 Å². The number of hydrogen-bond donors (Lipinski definition) is 1. The van der Waals surface area contributed by atoms with Crippen molar-refractivity contribution in [3.05, 3.63) is 73.6 Å². The molecule has 2 heterocycles. The first-order chi connectivity index (χ1) is 18.1. The molecule has 0 radical (unpaired) electrons. The van der Waals surface area contributed by atoms with Gasteiger partial charge in [0.15, 0.2) is 0 Å². The zero-order valence-corrected chi connectivity index (χ0v) is 29.3. The minimum Gasteiger partial charge on any atom is -0.747 e.